The highest BCUT2D eigenvalue weighted by Crippen LogP contribution is 2.19. The minimum absolute atomic E-state index is 0.0581. The van der Waals surface area contributed by atoms with E-state index in [1.54, 1.807) is 18.3 Å². The Bertz CT molecular complexity index is 543. The zero-order chi connectivity index (χ0) is 15.0. The van der Waals surface area contributed by atoms with Crippen LogP contribution in [0.4, 0.5) is 18.9 Å². The third-order valence-electron chi connectivity index (χ3n) is 2.19. The van der Waals surface area contributed by atoms with Gasteiger partial charge in [0.2, 0.25) is 0 Å². The Morgan fingerprint density at radius 2 is 1.95 bits per heavy atom. The van der Waals surface area contributed by atoms with Gasteiger partial charge in [0, 0.05) is 12.2 Å². The lowest BCUT2D eigenvalue weighted by Crippen LogP contribution is -2.13. The summed E-state index contributed by atoms with van der Waals surface area (Å²) in [5, 5.41) is 11.2. The topological polar surface area (TPSA) is 48.2 Å². The predicted octanol–water partition coefficient (Wildman–Crippen LogP) is 4.25. The van der Waals surface area contributed by atoms with E-state index in [-0.39, 0.29) is 10.9 Å². The van der Waals surface area contributed by atoms with Gasteiger partial charge in [0.25, 0.3) is 0 Å². The standard InChI is InChI=1S/C13H12F3N3S/c1-9-2-4-10(5-3-9)19-13(18-8-17)20-7-6-11(14)12(15)16/h2-5H,6-7H2,1H3,(H,18,19). The molecule has 1 N–H and O–H groups in total. The monoisotopic (exact) mass is 299 g/mol. The molecule has 106 valence electrons. The van der Waals surface area contributed by atoms with Crippen LogP contribution in [-0.2, 0) is 0 Å². The SMILES string of the molecule is Cc1ccc(N=C(NC#N)SCCC(F)=C(F)F)cc1. The second-order valence-corrected chi connectivity index (χ2v) is 4.84. The van der Waals surface area contributed by atoms with Crippen molar-refractivity contribution in [3.8, 4) is 6.19 Å². The van der Waals surface area contributed by atoms with Gasteiger partial charge < -0.3 is 0 Å². The summed E-state index contributed by atoms with van der Waals surface area (Å²) in [7, 11) is 0. The summed E-state index contributed by atoms with van der Waals surface area (Å²) in [6, 6.07) is 7.23. The number of nitrogens with zero attached hydrogens (tertiary/aromatic N) is 2. The van der Waals surface area contributed by atoms with Gasteiger partial charge in [-0.25, -0.2) is 9.38 Å². The molecule has 0 heterocycles. The number of aliphatic imine (C=N–C) groups is 1. The van der Waals surface area contributed by atoms with Gasteiger partial charge in [-0.15, -0.1) is 0 Å². The summed E-state index contributed by atoms with van der Waals surface area (Å²) in [4.78, 5) is 4.15. The molecule has 0 fully saturated rings. The Hall–Kier alpha value is -1.94. The molecule has 0 saturated heterocycles. The molecule has 0 aliphatic carbocycles. The van der Waals surface area contributed by atoms with E-state index in [2.05, 4.69) is 10.3 Å². The molecule has 20 heavy (non-hydrogen) atoms. The van der Waals surface area contributed by atoms with Crippen molar-refractivity contribution in [1.29, 1.82) is 5.26 Å². The number of hydrogen-bond donors (Lipinski definition) is 1. The Labute approximate surface area is 119 Å². The van der Waals surface area contributed by atoms with Gasteiger partial charge in [-0.2, -0.15) is 14.0 Å². The number of nitrogens with one attached hydrogen (secondary N) is 1. The number of benzene rings is 1. The molecule has 0 unspecified atom stereocenters. The minimum Gasteiger partial charge on any atom is -0.271 e. The van der Waals surface area contributed by atoms with Crippen LogP contribution in [0.15, 0.2) is 41.2 Å². The van der Waals surface area contributed by atoms with Gasteiger partial charge in [-0.05, 0) is 19.1 Å². The summed E-state index contributed by atoms with van der Waals surface area (Å²) in [5.74, 6) is -1.38. The van der Waals surface area contributed by atoms with Crippen molar-refractivity contribution in [2.45, 2.75) is 13.3 Å². The number of hydrogen-bond acceptors (Lipinski definition) is 3. The van der Waals surface area contributed by atoms with Crippen LogP contribution < -0.4 is 5.32 Å². The van der Waals surface area contributed by atoms with E-state index in [0.717, 1.165) is 17.3 Å². The summed E-state index contributed by atoms with van der Waals surface area (Å²) in [6.45, 7) is 1.93. The van der Waals surface area contributed by atoms with Gasteiger partial charge in [-0.1, -0.05) is 29.5 Å². The first-order valence-electron chi connectivity index (χ1n) is 5.66. The van der Waals surface area contributed by atoms with Gasteiger partial charge in [0.05, 0.1) is 5.69 Å². The molecule has 0 radical (unpaired) electrons. The average molecular weight is 299 g/mol. The van der Waals surface area contributed by atoms with Crippen LogP contribution in [0, 0.1) is 18.4 Å². The van der Waals surface area contributed by atoms with E-state index in [1.807, 2.05) is 19.1 Å². The van der Waals surface area contributed by atoms with Crippen LogP contribution in [0.1, 0.15) is 12.0 Å². The molecular formula is C13H12F3N3S. The molecule has 7 heteroatoms. The smallest absolute Gasteiger partial charge is 0.271 e. The highest BCUT2D eigenvalue weighted by atomic mass is 32.2. The number of nitriles is 1. The van der Waals surface area contributed by atoms with E-state index in [1.165, 1.54) is 0 Å². The largest absolute Gasteiger partial charge is 0.301 e. The summed E-state index contributed by atoms with van der Waals surface area (Å²) in [5.41, 5.74) is 1.69. The zero-order valence-electron chi connectivity index (χ0n) is 10.7. The fourth-order valence-corrected chi connectivity index (χ4v) is 1.97. The molecule has 0 bridgehead atoms. The number of halogens is 3. The van der Waals surface area contributed by atoms with E-state index in [4.69, 9.17) is 5.26 Å². The molecule has 1 rings (SSSR count). The molecule has 0 saturated carbocycles. The van der Waals surface area contributed by atoms with Crippen molar-refractivity contribution < 1.29 is 13.2 Å². The second kappa shape index (κ2) is 8.27. The number of allylic oxidation sites excluding steroid dienone is 1. The molecule has 1 aromatic carbocycles. The van der Waals surface area contributed by atoms with Gasteiger partial charge in [0.15, 0.2) is 17.2 Å². The van der Waals surface area contributed by atoms with Gasteiger partial charge in [-0.3, -0.25) is 5.32 Å². The maximum Gasteiger partial charge on any atom is 0.301 e. The third kappa shape index (κ3) is 5.80. The van der Waals surface area contributed by atoms with Crippen molar-refractivity contribution in [2.75, 3.05) is 5.75 Å². The minimum atomic E-state index is -2.31. The highest BCUT2D eigenvalue weighted by Gasteiger charge is 2.07. The molecular weight excluding hydrogens is 287 g/mol. The van der Waals surface area contributed by atoms with Crippen LogP contribution >= 0.6 is 11.8 Å². The van der Waals surface area contributed by atoms with E-state index in [9.17, 15) is 13.2 Å². The average Bonchev–Trinajstić information content (AvgIpc) is 2.41. The number of aryl methyl sites for hydroxylation is 1. The summed E-state index contributed by atoms with van der Waals surface area (Å²) >= 11 is 1.000. The maximum atomic E-state index is 12.6. The first-order valence-corrected chi connectivity index (χ1v) is 6.64. The Morgan fingerprint density at radius 3 is 2.50 bits per heavy atom. The zero-order valence-corrected chi connectivity index (χ0v) is 11.5. The lowest BCUT2D eigenvalue weighted by Gasteiger charge is -2.03. The molecule has 1 aromatic rings. The van der Waals surface area contributed by atoms with Crippen molar-refractivity contribution in [1.82, 2.24) is 5.32 Å². The maximum absolute atomic E-state index is 12.6. The van der Waals surface area contributed by atoms with Crippen LogP contribution in [0.3, 0.4) is 0 Å². The molecule has 0 aliphatic heterocycles. The second-order valence-electron chi connectivity index (χ2n) is 3.75. The van der Waals surface area contributed by atoms with Crippen LogP contribution in [0.2, 0.25) is 0 Å². The van der Waals surface area contributed by atoms with Crippen molar-refractivity contribution in [3.63, 3.8) is 0 Å². The Morgan fingerprint density at radius 1 is 1.30 bits per heavy atom. The molecule has 0 atom stereocenters. The van der Waals surface area contributed by atoms with Crippen molar-refractivity contribution >= 4 is 22.6 Å². The molecule has 0 aromatic heterocycles. The fourth-order valence-electron chi connectivity index (χ4n) is 1.21. The van der Waals surface area contributed by atoms with Crippen LogP contribution in [0.5, 0.6) is 0 Å². The normalized spacial score (nSPS) is 10.8. The predicted molar refractivity (Wildman–Crippen MR) is 74.4 cm³/mol. The summed E-state index contributed by atoms with van der Waals surface area (Å²) in [6.07, 6.45) is -1.01. The van der Waals surface area contributed by atoms with Crippen molar-refractivity contribution in [3.05, 3.63) is 41.7 Å². The van der Waals surface area contributed by atoms with Crippen molar-refractivity contribution in [2.24, 2.45) is 4.99 Å². The molecule has 3 nitrogen and oxygen atoms in total. The third-order valence-corrected chi connectivity index (χ3v) is 3.07. The van der Waals surface area contributed by atoms with E-state index in [0.29, 0.717) is 5.69 Å². The van der Waals surface area contributed by atoms with Gasteiger partial charge in [0.1, 0.15) is 0 Å². The van der Waals surface area contributed by atoms with E-state index >= 15 is 0 Å². The number of thioether (sulfide) groups is 1. The Kier molecular flexibility index (Phi) is 6.67. The lowest BCUT2D eigenvalue weighted by molar-refractivity contribution is 0.373. The molecule has 0 amide bonds. The van der Waals surface area contributed by atoms with Crippen LogP contribution in [0.25, 0.3) is 0 Å². The molecule has 0 spiro atoms. The van der Waals surface area contributed by atoms with Gasteiger partial charge >= 0.3 is 6.08 Å². The first kappa shape index (κ1) is 16.1. The summed E-state index contributed by atoms with van der Waals surface area (Å²) < 4.78 is 36.4. The first-order chi connectivity index (χ1) is 9.52. The fraction of sp³-hybridized carbons (Fsp3) is 0.231. The Balaban J connectivity index is 2.67. The van der Waals surface area contributed by atoms with Crippen LogP contribution in [-0.4, -0.2) is 10.9 Å². The number of amidine groups is 1. The quantitative estimate of drug-likeness (QED) is 0.391. The molecule has 0 aliphatic rings. The highest BCUT2D eigenvalue weighted by molar-refractivity contribution is 8.13. The lowest BCUT2D eigenvalue weighted by atomic mass is 10.2. The number of rotatable bonds is 4. The van der Waals surface area contributed by atoms with E-state index < -0.39 is 18.3 Å².